The highest BCUT2D eigenvalue weighted by Crippen LogP contribution is 2.37. The van der Waals surface area contributed by atoms with Gasteiger partial charge in [-0.25, -0.2) is 0 Å². The van der Waals surface area contributed by atoms with Crippen LogP contribution in [0.2, 0.25) is 0 Å². The number of fused-ring (bicyclic) bond motifs is 1. The molecule has 30 heavy (non-hydrogen) atoms. The van der Waals surface area contributed by atoms with Crippen LogP contribution in [0.25, 0.3) is 0 Å². The number of Topliss-reactive ketones (excluding diaryl/α,β-unsaturated/α-hetero) is 1. The van der Waals surface area contributed by atoms with Crippen molar-refractivity contribution in [1.29, 1.82) is 0 Å². The summed E-state index contributed by atoms with van der Waals surface area (Å²) >= 11 is 0. The number of benzene rings is 2. The number of nitrogens with zero attached hydrogens (tertiary/aromatic N) is 1. The summed E-state index contributed by atoms with van der Waals surface area (Å²) in [6.07, 6.45) is 0. The minimum Gasteiger partial charge on any atom is -0.493 e. The summed E-state index contributed by atoms with van der Waals surface area (Å²) in [5.41, 5.74) is 1.80. The molecule has 0 radical (unpaired) electrons. The van der Waals surface area contributed by atoms with Gasteiger partial charge in [-0.2, -0.15) is 0 Å². The molecule has 0 fully saturated rings. The van der Waals surface area contributed by atoms with Gasteiger partial charge in [0, 0.05) is 18.2 Å². The van der Waals surface area contributed by atoms with Crippen molar-refractivity contribution in [3.63, 3.8) is 0 Å². The summed E-state index contributed by atoms with van der Waals surface area (Å²) < 4.78 is 21.3. The fraction of sp³-hybridized carbons (Fsp3) is 0.364. The summed E-state index contributed by atoms with van der Waals surface area (Å²) in [6.45, 7) is 4.92. The first-order chi connectivity index (χ1) is 14.4. The second-order valence-corrected chi connectivity index (χ2v) is 6.85. The lowest BCUT2D eigenvalue weighted by Crippen LogP contribution is -2.33. The highest BCUT2D eigenvalue weighted by molar-refractivity contribution is 6.05. The van der Waals surface area contributed by atoms with E-state index in [0.717, 1.165) is 5.56 Å². The van der Waals surface area contributed by atoms with Crippen LogP contribution in [-0.4, -0.2) is 50.7 Å². The molecular formula is C22H26N2O6. The molecule has 3 rings (SSSR count). The fourth-order valence-electron chi connectivity index (χ4n) is 3.25. The van der Waals surface area contributed by atoms with E-state index in [0.29, 0.717) is 47.3 Å². The van der Waals surface area contributed by atoms with Crippen molar-refractivity contribution < 1.29 is 28.5 Å². The van der Waals surface area contributed by atoms with E-state index >= 15 is 0 Å². The predicted octanol–water partition coefficient (Wildman–Crippen LogP) is 3.10. The third-order valence-corrected chi connectivity index (χ3v) is 4.83. The van der Waals surface area contributed by atoms with Crippen molar-refractivity contribution in [3.05, 3.63) is 41.5 Å². The van der Waals surface area contributed by atoms with Crippen molar-refractivity contribution in [3.8, 4) is 23.0 Å². The van der Waals surface area contributed by atoms with Gasteiger partial charge in [0.15, 0.2) is 28.8 Å². The number of hydrogen-bond acceptors (Lipinski definition) is 7. The molecule has 8 heteroatoms. The van der Waals surface area contributed by atoms with Gasteiger partial charge in [-0.15, -0.1) is 0 Å². The number of likely N-dealkylation sites (N-methyl/N-ethyl adjacent to an activating group) is 1. The lowest BCUT2D eigenvalue weighted by molar-refractivity contribution is -0.117. The van der Waals surface area contributed by atoms with Crippen LogP contribution in [0.4, 0.5) is 5.69 Å². The molecule has 0 aliphatic carbocycles. The molecule has 1 aliphatic heterocycles. The summed E-state index contributed by atoms with van der Waals surface area (Å²) in [4.78, 5) is 26.7. The third-order valence-electron chi connectivity index (χ3n) is 4.83. The monoisotopic (exact) mass is 414 g/mol. The Balaban J connectivity index is 1.70. The summed E-state index contributed by atoms with van der Waals surface area (Å²) in [5, 5.41) is 2.83. The average molecular weight is 414 g/mol. The molecule has 0 spiro atoms. The van der Waals surface area contributed by atoms with Crippen LogP contribution in [0.15, 0.2) is 30.3 Å². The van der Waals surface area contributed by atoms with Crippen LogP contribution in [0.3, 0.4) is 0 Å². The number of hydrogen-bond donors (Lipinski definition) is 1. The first-order valence-corrected chi connectivity index (χ1v) is 9.62. The summed E-state index contributed by atoms with van der Waals surface area (Å²) in [6, 6.07) is 8.90. The van der Waals surface area contributed by atoms with Gasteiger partial charge in [0.25, 0.3) is 0 Å². The van der Waals surface area contributed by atoms with Gasteiger partial charge in [-0.3, -0.25) is 14.5 Å². The quantitative estimate of drug-likeness (QED) is 0.631. The number of carbonyl (C=O) groups is 2. The van der Waals surface area contributed by atoms with Crippen molar-refractivity contribution in [2.75, 3.05) is 39.4 Å². The van der Waals surface area contributed by atoms with Gasteiger partial charge in [-0.1, -0.05) is 13.0 Å². The second kappa shape index (κ2) is 9.49. The number of rotatable bonds is 9. The van der Waals surface area contributed by atoms with E-state index in [4.69, 9.17) is 18.9 Å². The standard InChI is InChI=1S/C22H26N2O6/c1-5-24(11-15-6-7-18(27-3)19(8-15)28-4)12-22(26)23-17-10-21-20(29-13-30-21)9-16(17)14(2)25/h6-10H,5,11-13H2,1-4H3,(H,23,26). The molecule has 0 bridgehead atoms. The van der Waals surface area contributed by atoms with Gasteiger partial charge in [0.1, 0.15) is 0 Å². The lowest BCUT2D eigenvalue weighted by atomic mass is 10.1. The molecule has 1 aliphatic rings. The third kappa shape index (κ3) is 4.83. The van der Waals surface area contributed by atoms with E-state index in [1.165, 1.54) is 6.92 Å². The molecule has 0 saturated carbocycles. The minimum absolute atomic E-state index is 0.0962. The molecule has 1 amide bonds. The van der Waals surface area contributed by atoms with Gasteiger partial charge >= 0.3 is 0 Å². The molecule has 2 aromatic carbocycles. The molecular weight excluding hydrogens is 388 g/mol. The van der Waals surface area contributed by atoms with Crippen LogP contribution in [0, 0.1) is 0 Å². The first kappa shape index (κ1) is 21.4. The van der Waals surface area contributed by atoms with E-state index in [-0.39, 0.29) is 25.0 Å². The van der Waals surface area contributed by atoms with Crippen LogP contribution in [-0.2, 0) is 11.3 Å². The van der Waals surface area contributed by atoms with Gasteiger partial charge in [-0.05, 0) is 37.2 Å². The smallest absolute Gasteiger partial charge is 0.238 e. The Hall–Kier alpha value is -3.26. The van der Waals surface area contributed by atoms with Gasteiger partial charge < -0.3 is 24.3 Å². The SMILES string of the molecule is CCN(CC(=O)Nc1cc2c(cc1C(C)=O)OCO2)Cc1ccc(OC)c(OC)c1. The predicted molar refractivity (Wildman–Crippen MR) is 112 cm³/mol. The van der Waals surface area contributed by atoms with Gasteiger partial charge in [0.05, 0.1) is 26.5 Å². The number of amides is 1. The van der Waals surface area contributed by atoms with Crippen molar-refractivity contribution in [2.24, 2.45) is 0 Å². The first-order valence-electron chi connectivity index (χ1n) is 9.62. The number of anilines is 1. The zero-order valence-electron chi connectivity index (χ0n) is 17.6. The van der Waals surface area contributed by atoms with E-state index in [1.54, 1.807) is 26.4 Å². The van der Waals surface area contributed by atoms with Crippen LogP contribution in [0.1, 0.15) is 29.8 Å². The molecule has 1 N–H and O–H groups in total. The van der Waals surface area contributed by atoms with Crippen LogP contribution in [0.5, 0.6) is 23.0 Å². The Morgan fingerprint density at radius 1 is 1.07 bits per heavy atom. The number of methoxy groups -OCH3 is 2. The Morgan fingerprint density at radius 2 is 1.77 bits per heavy atom. The van der Waals surface area contributed by atoms with Crippen molar-refractivity contribution in [1.82, 2.24) is 4.90 Å². The number of ether oxygens (including phenoxy) is 4. The molecule has 0 atom stereocenters. The zero-order valence-corrected chi connectivity index (χ0v) is 17.6. The summed E-state index contributed by atoms with van der Waals surface area (Å²) in [7, 11) is 3.18. The molecule has 0 aromatic heterocycles. The Kier molecular flexibility index (Phi) is 6.79. The normalized spacial score (nSPS) is 12.0. The number of ketones is 1. The zero-order chi connectivity index (χ0) is 21.7. The van der Waals surface area contributed by atoms with E-state index in [2.05, 4.69) is 5.32 Å². The largest absolute Gasteiger partial charge is 0.493 e. The molecule has 0 unspecified atom stereocenters. The van der Waals surface area contributed by atoms with Crippen LogP contribution >= 0.6 is 0 Å². The Morgan fingerprint density at radius 3 is 2.40 bits per heavy atom. The lowest BCUT2D eigenvalue weighted by Gasteiger charge is -2.21. The summed E-state index contributed by atoms with van der Waals surface area (Å²) in [5.74, 6) is 1.92. The Bertz CT molecular complexity index is 943. The second-order valence-electron chi connectivity index (χ2n) is 6.85. The van der Waals surface area contributed by atoms with E-state index in [1.807, 2.05) is 30.0 Å². The van der Waals surface area contributed by atoms with Crippen molar-refractivity contribution in [2.45, 2.75) is 20.4 Å². The maximum Gasteiger partial charge on any atom is 0.238 e. The minimum atomic E-state index is -0.223. The molecule has 0 saturated heterocycles. The average Bonchev–Trinajstić information content (AvgIpc) is 3.19. The fourth-order valence-corrected chi connectivity index (χ4v) is 3.25. The molecule has 8 nitrogen and oxygen atoms in total. The van der Waals surface area contributed by atoms with E-state index < -0.39 is 0 Å². The Labute approximate surface area is 175 Å². The number of nitrogens with one attached hydrogen (secondary N) is 1. The highest BCUT2D eigenvalue weighted by atomic mass is 16.7. The maximum atomic E-state index is 12.7. The molecule has 2 aromatic rings. The maximum absolute atomic E-state index is 12.7. The molecule has 160 valence electrons. The highest BCUT2D eigenvalue weighted by Gasteiger charge is 2.21. The van der Waals surface area contributed by atoms with E-state index in [9.17, 15) is 9.59 Å². The topological polar surface area (TPSA) is 86.3 Å². The van der Waals surface area contributed by atoms with Crippen LogP contribution < -0.4 is 24.3 Å². The molecule has 1 heterocycles. The number of carbonyl (C=O) groups excluding carboxylic acids is 2. The van der Waals surface area contributed by atoms with Crippen molar-refractivity contribution >= 4 is 17.4 Å². The van der Waals surface area contributed by atoms with Gasteiger partial charge in [0.2, 0.25) is 12.7 Å².